The highest BCUT2D eigenvalue weighted by molar-refractivity contribution is 7.90. The maximum atomic E-state index is 11.9. The molecular weight excluding hydrogens is 259 g/mol. The fourth-order valence-corrected chi connectivity index (χ4v) is 1.93. The molecule has 8 heteroatoms. The smallest absolute Gasteiger partial charge is 0.263 e. The normalized spacial score (nSPS) is 12.2. The van der Waals surface area contributed by atoms with Crippen molar-refractivity contribution >= 4 is 15.9 Å². The zero-order valence-corrected chi connectivity index (χ0v) is 9.39. The molecule has 17 heavy (non-hydrogen) atoms. The molecule has 0 saturated carbocycles. The van der Waals surface area contributed by atoms with Crippen LogP contribution in [-0.2, 0) is 14.8 Å². The number of sulfonamides is 1. The van der Waals surface area contributed by atoms with Gasteiger partial charge in [-0.15, -0.1) is 0 Å². The Bertz CT molecular complexity index is 519. The van der Waals surface area contributed by atoms with Gasteiger partial charge in [-0.3, -0.25) is 4.79 Å². The Kier molecular flexibility index (Phi) is 3.46. The quantitative estimate of drug-likeness (QED) is 0.880. The number of halogens is 3. The van der Waals surface area contributed by atoms with Gasteiger partial charge in [0.1, 0.15) is 0 Å². The molecule has 0 aliphatic rings. The first-order chi connectivity index (χ1) is 7.63. The summed E-state index contributed by atoms with van der Waals surface area (Å²) in [5.41, 5.74) is 0.742. The highest BCUT2D eigenvalue weighted by Gasteiger charge is 2.41. The van der Waals surface area contributed by atoms with E-state index < -0.39 is 27.0 Å². The van der Waals surface area contributed by atoms with Crippen LogP contribution in [0.25, 0.3) is 0 Å². The Morgan fingerprint density at radius 3 is 2.06 bits per heavy atom. The third-order valence-electron chi connectivity index (χ3n) is 1.82. The van der Waals surface area contributed by atoms with E-state index >= 15 is 0 Å². The molecule has 0 atom stereocenters. The van der Waals surface area contributed by atoms with Crippen LogP contribution in [0.2, 0.25) is 0 Å². The number of rotatable bonds is 2. The zero-order chi connectivity index (χ0) is 13.3. The maximum absolute atomic E-state index is 11.9. The van der Waals surface area contributed by atoms with Crippen LogP contribution >= 0.6 is 0 Å². The molecule has 1 amide bonds. The summed E-state index contributed by atoms with van der Waals surface area (Å²) in [6, 6.07) is 5.04. The Hall–Kier alpha value is -1.57. The van der Waals surface area contributed by atoms with Crippen molar-refractivity contribution < 1.29 is 26.4 Å². The second-order valence-electron chi connectivity index (χ2n) is 3.25. The minimum Gasteiger partial charge on any atom is -0.263 e. The van der Waals surface area contributed by atoms with Gasteiger partial charge in [-0.25, -0.2) is 13.1 Å². The van der Waals surface area contributed by atoms with Crippen molar-refractivity contribution in [2.45, 2.75) is 18.0 Å². The van der Waals surface area contributed by atoms with Crippen LogP contribution in [0.1, 0.15) is 5.56 Å². The van der Waals surface area contributed by atoms with E-state index in [1.807, 2.05) is 0 Å². The van der Waals surface area contributed by atoms with E-state index in [2.05, 4.69) is 0 Å². The van der Waals surface area contributed by atoms with Gasteiger partial charge < -0.3 is 0 Å². The molecule has 0 aliphatic carbocycles. The summed E-state index contributed by atoms with van der Waals surface area (Å²) in [4.78, 5) is 10.1. The van der Waals surface area contributed by atoms with Crippen molar-refractivity contribution in [3.8, 4) is 0 Å². The molecule has 4 nitrogen and oxygen atoms in total. The molecule has 0 aromatic heterocycles. The van der Waals surface area contributed by atoms with E-state index in [4.69, 9.17) is 0 Å². The number of alkyl halides is 3. The van der Waals surface area contributed by atoms with Crippen molar-refractivity contribution in [1.29, 1.82) is 0 Å². The van der Waals surface area contributed by atoms with Gasteiger partial charge in [0.05, 0.1) is 4.90 Å². The van der Waals surface area contributed by atoms with Crippen molar-refractivity contribution in [2.24, 2.45) is 0 Å². The minimum absolute atomic E-state index is 0.402. The standard InChI is InChI=1S/C9H8F3NO3S/c1-6-2-4-7(5-3-6)17(15,16)13-8(14)9(10,11)12/h2-5H,1H3,(H,13,14). The summed E-state index contributed by atoms with van der Waals surface area (Å²) in [7, 11) is -4.48. The molecule has 1 aromatic carbocycles. The summed E-state index contributed by atoms with van der Waals surface area (Å²) < 4.78 is 59.3. The summed E-state index contributed by atoms with van der Waals surface area (Å²) in [5.74, 6) is -2.52. The van der Waals surface area contributed by atoms with Crippen molar-refractivity contribution in [3.05, 3.63) is 29.8 Å². The van der Waals surface area contributed by atoms with Gasteiger partial charge in [-0.2, -0.15) is 13.2 Å². The highest BCUT2D eigenvalue weighted by Crippen LogP contribution is 2.17. The van der Waals surface area contributed by atoms with Crippen LogP contribution in [0.3, 0.4) is 0 Å². The van der Waals surface area contributed by atoms with Crippen LogP contribution < -0.4 is 4.72 Å². The number of carbonyl (C=O) groups is 1. The molecule has 0 spiro atoms. The van der Waals surface area contributed by atoms with E-state index in [1.165, 1.54) is 12.1 Å². The van der Waals surface area contributed by atoms with Gasteiger partial charge in [0.15, 0.2) is 0 Å². The van der Waals surface area contributed by atoms with Crippen LogP contribution in [0.15, 0.2) is 29.2 Å². The third kappa shape index (κ3) is 3.45. The number of hydrogen-bond donors (Lipinski definition) is 1. The largest absolute Gasteiger partial charge is 0.472 e. The lowest BCUT2D eigenvalue weighted by atomic mass is 10.2. The lowest BCUT2D eigenvalue weighted by Crippen LogP contribution is -2.40. The van der Waals surface area contributed by atoms with Gasteiger partial charge >= 0.3 is 12.1 Å². The van der Waals surface area contributed by atoms with Gasteiger partial charge in [0, 0.05) is 0 Å². The first-order valence-electron chi connectivity index (χ1n) is 4.33. The van der Waals surface area contributed by atoms with Gasteiger partial charge in [0.25, 0.3) is 10.0 Å². The first kappa shape index (κ1) is 13.5. The average molecular weight is 267 g/mol. The minimum atomic E-state index is -5.24. The summed E-state index contributed by atoms with van der Waals surface area (Å²) in [6.07, 6.45) is -5.24. The molecule has 0 fully saturated rings. The second-order valence-corrected chi connectivity index (χ2v) is 4.93. The van der Waals surface area contributed by atoms with Gasteiger partial charge in [-0.1, -0.05) is 17.7 Å². The van der Waals surface area contributed by atoms with Crippen LogP contribution in [0.4, 0.5) is 13.2 Å². The van der Waals surface area contributed by atoms with Crippen LogP contribution in [0, 0.1) is 6.92 Å². The molecule has 1 rings (SSSR count). The predicted octanol–water partition coefficient (Wildman–Crippen LogP) is 1.36. The molecule has 0 saturated heterocycles. The van der Waals surface area contributed by atoms with Crippen LogP contribution in [0.5, 0.6) is 0 Å². The van der Waals surface area contributed by atoms with Gasteiger partial charge in [-0.05, 0) is 19.1 Å². The number of carbonyl (C=O) groups excluding carboxylic acids is 1. The number of amides is 1. The van der Waals surface area contributed by atoms with E-state index in [9.17, 15) is 26.4 Å². The van der Waals surface area contributed by atoms with Crippen molar-refractivity contribution in [3.63, 3.8) is 0 Å². The van der Waals surface area contributed by atoms with Gasteiger partial charge in [0.2, 0.25) is 0 Å². The average Bonchev–Trinajstić information content (AvgIpc) is 2.16. The SMILES string of the molecule is Cc1ccc(S(=O)(=O)NC(=O)C(F)(F)F)cc1. The predicted molar refractivity (Wildman–Crippen MR) is 52.6 cm³/mol. The Morgan fingerprint density at radius 2 is 1.65 bits per heavy atom. The Balaban J connectivity index is 2.98. The molecule has 0 heterocycles. The second kappa shape index (κ2) is 4.36. The molecule has 1 N–H and O–H groups in total. The molecule has 0 aliphatic heterocycles. The number of benzene rings is 1. The molecule has 0 unspecified atom stereocenters. The lowest BCUT2D eigenvalue weighted by Gasteiger charge is -2.08. The molecule has 1 aromatic rings. The fraction of sp³-hybridized carbons (Fsp3) is 0.222. The fourth-order valence-electron chi connectivity index (χ4n) is 0.956. The molecular formula is C9H8F3NO3S. The zero-order valence-electron chi connectivity index (χ0n) is 8.58. The van der Waals surface area contributed by atoms with E-state index in [-0.39, 0.29) is 0 Å². The molecule has 0 radical (unpaired) electrons. The van der Waals surface area contributed by atoms with Crippen LogP contribution in [-0.4, -0.2) is 20.5 Å². The summed E-state index contributed by atoms with van der Waals surface area (Å²) >= 11 is 0. The lowest BCUT2D eigenvalue weighted by molar-refractivity contribution is -0.171. The first-order valence-corrected chi connectivity index (χ1v) is 5.82. The highest BCUT2D eigenvalue weighted by atomic mass is 32.2. The van der Waals surface area contributed by atoms with Crippen molar-refractivity contribution in [2.75, 3.05) is 0 Å². The molecule has 0 bridgehead atoms. The van der Waals surface area contributed by atoms with E-state index in [0.717, 1.165) is 22.4 Å². The van der Waals surface area contributed by atoms with E-state index in [1.54, 1.807) is 6.92 Å². The molecule has 94 valence electrons. The Morgan fingerprint density at radius 1 is 1.18 bits per heavy atom. The summed E-state index contributed by atoms with van der Waals surface area (Å²) in [5, 5.41) is 0. The van der Waals surface area contributed by atoms with E-state index in [0.29, 0.717) is 0 Å². The topological polar surface area (TPSA) is 63.2 Å². The third-order valence-corrected chi connectivity index (χ3v) is 3.16. The maximum Gasteiger partial charge on any atom is 0.472 e. The Labute approximate surface area is 95.5 Å². The summed E-state index contributed by atoms with van der Waals surface area (Å²) in [6.45, 7) is 1.69. The van der Waals surface area contributed by atoms with Crippen molar-refractivity contribution in [1.82, 2.24) is 4.72 Å². The number of hydrogen-bond acceptors (Lipinski definition) is 3. The number of aryl methyl sites for hydroxylation is 1. The monoisotopic (exact) mass is 267 g/mol. The number of nitrogens with one attached hydrogen (secondary N) is 1.